The molecule has 0 aromatic heterocycles. The molecule has 1 aromatic rings. The first-order valence-corrected chi connectivity index (χ1v) is 4.33. The van der Waals surface area contributed by atoms with Crippen LogP contribution in [-0.4, -0.2) is 5.12 Å². The molecule has 0 heterocycles. The minimum Gasteiger partial charge on any atom is -0.288 e. The number of carbonyl (C=O) groups is 1. The molecule has 0 N–H and O–H groups in total. The van der Waals surface area contributed by atoms with E-state index in [2.05, 4.69) is 12.6 Å². The van der Waals surface area contributed by atoms with Crippen LogP contribution in [0.2, 0.25) is 10.0 Å². The van der Waals surface area contributed by atoms with E-state index in [1.54, 1.807) is 24.3 Å². The Morgan fingerprint density at radius 1 is 1.17 bits per heavy atom. The summed E-state index contributed by atoms with van der Waals surface area (Å²) in [6.45, 7) is 1.39. The summed E-state index contributed by atoms with van der Waals surface area (Å²) in [6, 6.07) is 7.02. The van der Waals surface area contributed by atoms with Gasteiger partial charge in [-0.1, -0.05) is 23.2 Å². The molecule has 0 aliphatic carbocycles. The van der Waals surface area contributed by atoms with Crippen LogP contribution in [0.5, 0.6) is 0 Å². The van der Waals surface area contributed by atoms with E-state index < -0.39 is 0 Å². The summed E-state index contributed by atoms with van der Waals surface area (Å²) in [4.78, 5) is 9.31. The second-order valence-corrected chi connectivity index (χ2v) is 3.46. The molecule has 4 heteroatoms. The highest BCUT2D eigenvalue weighted by Crippen LogP contribution is 2.12. The maximum absolute atomic E-state index is 9.31. The molecule has 0 fully saturated rings. The van der Waals surface area contributed by atoms with Gasteiger partial charge < -0.3 is 0 Å². The van der Waals surface area contributed by atoms with Crippen LogP contribution >= 0.6 is 35.8 Å². The Balaban J connectivity index is 0.000000261. The van der Waals surface area contributed by atoms with Crippen LogP contribution in [0.4, 0.5) is 0 Å². The highest BCUT2D eigenvalue weighted by molar-refractivity contribution is 7.96. The van der Waals surface area contributed by atoms with E-state index >= 15 is 0 Å². The van der Waals surface area contributed by atoms with E-state index in [9.17, 15) is 4.79 Å². The molecule has 0 saturated carbocycles. The number of benzene rings is 1. The van der Waals surface area contributed by atoms with Crippen molar-refractivity contribution in [1.82, 2.24) is 0 Å². The lowest BCUT2D eigenvalue weighted by molar-refractivity contribution is -0.108. The average molecular weight is 223 g/mol. The van der Waals surface area contributed by atoms with Crippen molar-refractivity contribution in [1.29, 1.82) is 0 Å². The van der Waals surface area contributed by atoms with E-state index in [1.807, 2.05) is 0 Å². The molecule has 1 rings (SSSR count). The van der Waals surface area contributed by atoms with Gasteiger partial charge in [0, 0.05) is 17.0 Å². The summed E-state index contributed by atoms with van der Waals surface area (Å²) in [5.41, 5.74) is 0. The highest BCUT2D eigenvalue weighted by atomic mass is 35.5. The van der Waals surface area contributed by atoms with Crippen LogP contribution in [0.15, 0.2) is 24.3 Å². The fraction of sp³-hybridized carbons (Fsp3) is 0.125. The number of carbonyl (C=O) groups excluding carboxylic acids is 1. The van der Waals surface area contributed by atoms with E-state index in [1.165, 1.54) is 6.92 Å². The van der Waals surface area contributed by atoms with Crippen LogP contribution in [0.3, 0.4) is 0 Å². The molecule has 0 radical (unpaired) electrons. The molecule has 1 nitrogen and oxygen atoms in total. The van der Waals surface area contributed by atoms with Gasteiger partial charge in [-0.05, 0) is 24.3 Å². The zero-order valence-corrected chi connectivity index (χ0v) is 8.83. The quantitative estimate of drug-likeness (QED) is 0.666. The number of hydrogen-bond donors (Lipinski definition) is 1. The lowest BCUT2D eigenvalue weighted by atomic mass is 10.4. The molecule has 66 valence electrons. The third-order valence-corrected chi connectivity index (χ3v) is 1.31. The lowest BCUT2D eigenvalue weighted by Crippen LogP contribution is -1.62. The van der Waals surface area contributed by atoms with Gasteiger partial charge in [-0.15, -0.1) is 12.6 Å². The molecule has 0 atom stereocenters. The third-order valence-electron chi connectivity index (χ3n) is 0.804. The van der Waals surface area contributed by atoms with Crippen LogP contribution in [0.25, 0.3) is 0 Å². The average Bonchev–Trinajstić information content (AvgIpc) is 1.94. The summed E-state index contributed by atoms with van der Waals surface area (Å²) in [5.74, 6) is 0. The second-order valence-electron chi connectivity index (χ2n) is 1.96. The molecule has 0 saturated heterocycles. The van der Waals surface area contributed by atoms with Gasteiger partial charge in [0.05, 0.1) is 0 Å². The molecule has 12 heavy (non-hydrogen) atoms. The van der Waals surface area contributed by atoms with Gasteiger partial charge in [0.1, 0.15) is 0 Å². The topological polar surface area (TPSA) is 17.1 Å². The van der Waals surface area contributed by atoms with E-state index in [4.69, 9.17) is 23.2 Å². The van der Waals surface area contributed by atoms with Crippen molar-refractivity contribution >= 4 is 40.9 Å². The summed E-state index contributed by atoms with van der Waals surface area (Å²) in [6.07, 6.45) is 0. The van der Waals surface area contributed by atoms with Crippen LogP contribution in [0.1, 0.15) is 6.92 Å². The number of halogens is 2. The van der Waals surface area contributed by atoms with Gasteiger partial charge in [0.15, 0.2) is 5.12 Å². The van der Waals surface area contributed by atoms with E-state index in [-0.39, 0.29) is 5.12 Å². The van der Waals surface area contributed by atoms with Gasteiger partial charge in [-0.2, -0.15) is 0 Å². The maximum atomic E-state index is 9.31. The SMILES string of the molecule is CC(=O)S.Clc1ccc(Cl)cc1. The summed E-state index contributed by atoms with van der Waals surface area (Å²) >= 11 is 14.4. The largest absolute Gasteiger partial charge is 0.288 e. The van der Waals surface area contributed by atoms with Crippen molar-refractivity contribution in [3.8, 4) is 0 Å². The molecule has 0 bridgehead atoms. The van der Waals surface area contributed by atoms with Crippen molar-refractivity contribution in [2.24, 2.45) is 0 Å². The first-order chi connectivity index (χ1) is 5.52. The van der Waals surface area contributed by atoms with Crippen molar-refractivity contribution < 1.29 is 4.79 Å². The summed E-state index contributed by atoms with van der Waals surface area (Å²) in [5, 5.41) is 1.30. The van der Waals surface area contributed by atoms with Gasteiger partial charge in [0.25, 0.3) is 0 Å². The van der Waals surface area contributed by atoms with E-state index in [0.29, 0.717) is 0 Å². The van der Waals surface area contributed by atoms with Gasteiger partial charge >= 0.3 is 0 Å². The molecule has 1 aromatic carbocycles. The van der Waals surface area contributed by atoms with Crippen molar-refractivity contribution in [2.45, 2.75) is 6.92 Å². The predicted octanol–water partition coefficient (Wildman–Crippen LogP) is 3.46. The Morgan fingerprint density at radius 3 is 1.50 bits per heavy atom. The van der Waals surface area contributed by atoms with Crippen molar-refractivity contribution in [3.63, 3.8) is 0 Å². The monoisotopic (exact) mass is 222 g/mol. The Morgan fingerprint density at radius 2 is 1.33 bits per heavy atom. The van der Waals surface area contributed by atoms with Gasteiger partial charge in [-0.25, -0.2) is 0 Å². The molecule has 0 unspecified atom stereocenters. The first-order valence-electron chi connectivity index (χ1n) is 3.13. The lowest BCUT2D eigenvalue weighted by Gasteiger charge is -1.86. The fourth-order valence-electron chi connectivity index (χ4n) is 0.430. The Bertz CT molecular complexity index is 221. The fourth-order valence-corrected chi connectivity index (χ4v) is 0.682. The summed E-state index contributed by atoms with van der Waals surface area (Å²) < 4.78 is 0. The molecule has 0 aliphatic heterocycles. The number of rotatable bonds is 0. The Kier molecular flexibility index (Phi) is 6.25. The normalized spacial score (nSPS) is 8.33. The van der Waals surface area contributed by atoms with Gasteiger partial charge in [0.2, 0.25) is 0 Å². The molecule has 0 amide bonds. The van der Waals surface area contributed by atoms with Crippen molar-refractivity contribution in [2.75, 3.05) is 0 Å². The van der Waals surface area contributed by atoms with Crippen molar-refractivity contribution in [3.05, 3.63) is 34.3 Å². The second kappa shape index (κ2) is 6.35. The maximum Gasteiger partial charge on any atom is 0.182 e. The molecular weight excluding hydrogens is 215 g/mol. The Hall–Kier alpha value is -0.180. The minimum atomic E-state index is -0.139. The summed E-state index contributed by atoms with van der Waals surface area (Å²) in [7, 11) is 0. The molecule has 0 aliphatic rings. The zero-order valence-electron chi connectivity index (χ0n) is 6.42. The highest BCUT2D eigenvalue weighted by Gasteiger charge is 1.83. The van der Waals surface area contributed by atoms with E-state index in [0.717, 1.165) is 10.0 Å². The smallest absolute Gasteiger partial charge is 0.182 e. The zero-order chi connectivity index (χ0) is 9.56. The molecule has 0 spiro atoms. The van der Waals surface area contributed by atoms with Gasteiger partial charge in [-0.3, -0.25) is 4.79 Å². The van der Waals surface area contributed by atoms with Crippen LogP contribution in [0, 0.1) is 0 Å². The predicted molar refractivity (Wildman–Crippen MR) is 56.1 cm³/mol. The number of thiol groups is 1. The van der Waals surface area contributed by atoms with Crippen LogP contribution in [-0.2, 0) is 4.79 Å². The van der Waals surface area contributed by atoms with Crippen LogP contribution < -0.4 is 0 Å². The standard InChI is InChI=1S/C6H4Cl2.C2H4OS/c7-5-1-2-6(8)4-3-5;1-2(3)4/h1-4H;1H3,(H,3,4). The first kappa shape index (κ1) is 11.8. The number of hydrogen-bond acceptors (Lipinski definition) is 1. The Labute approximate surface area is 87.1 Å². The minimum absolute atomic E-state index is 0.139. The molecular formula is C8H8Cl2OS. The third kappa shape index (κ3) is 7.92.